The minimum absolute atomic E-state index is 0.632. The normalized spacial score (nSPS) is 10.9. The summed E-state index contributed by atoms with van der Waals surface area (Å²) in [7, 11) is 1.89. The predicted octanol–water partition coefficient (Wildman–Crippen LogP) is 3.40. The molecule has 0 saturated carbocycles. The lowest BCUT2D eigenvalue weighted by atomic mass is 10.2. The molecule has 2 aromatic heterocycles. The predicted molar refractivity (Wildman–Crippen MR) is 102 cm³/mol. The Bertz CT molecular complexity index is 813. The van der Waals surface area contributed by atoms with E-state index in [0.29, 0.717) is 12.5 Å². The van der Waals surface area contributed by atoms with Gasteiger partial charge in [-0.25, -0.2) is 0 Å². The van der Waals surface area contributed by atoms with E-state index in [1.165, 1.54) is 9.13 Å². The number of aromatic nitrogens is 4. The SMILES string of the molecule is CCCNc1nc(NCc2cccc(I)c2)c2cnn(C)c2n1. The minimum Gasteiger partial charge on any atom is -0.365 e. The average molecular weight is 422 g/mol. The summed E-state index contributed by atoms with van der Waals surface area (Å²) < 4.78 is 2.99. The van der Waals surface area contributed by atoms with Gasteiger partial charge in [-0.15, -0.1) is 0 Å². The van der Waals surface area contributed by atoms with E-state index in [4.69, 9.17) is 0 Å². The monoisotopic (exact) mass is 422 g/mol. The third-order valence-electron chi connectivity index (χ3n) is 3.47. The van der Waals surface area contributed by atoms with Crippen LogP contribution in [0.3, 0.4) is 0 Å². The molecule has 3 rings (SSSR count). The van der Waals surface area contributed by atoms with E-state index in [0.717, 1.165) is 29.8 Å². The molecule has 6 nitrogen and oxygen atoms in total. The van der Waals surface area contributed by atoms with Gasteiger partial charge < -0.3 is 10.6 Å². The van der Waals surface area contributed by atoms with Crippen LogP contribution in [0.15, 0.2) is 30.5 Å². The summed E-state index contributed by atoms with van der Waals surface area (Å²) in [6, 6.07) is 8.41. The molecule has 0 saturated heterocycles. The lowest BCUT2D eigenvalue weighted by molar-refractivity contribution is 0.785. The molecule has 120 valence electrons. The lowest BCUT2D eigenvalue weighted by Gasteiger charge is -2.10. The third kappa shape index (κ3) is 3.72. The van der Waals surface area contributed by atoms with Crippen LogP contribution in [0.1, 0.15) is 18.9 Å². The lowest BCUT2D eigenvalue weighted by Crippen LogP contribution is -2.09. The van der Waals surface area contributed by atoms with Gasteiger partial charge in [-0.3, -0.25) is 4.68 Å². The zero-order valence-electron chi connectivity index (χ0n) is 13.2. The average Bonchev–Trinajstić information content (AvgIpc) is 2.92. The van der Waals surface area contributed by atoms with Gasteiger partial charge in [-0.05, 0) is 46.7 Å². The van der Waals surface area contributed by atoms with Gasteiger partial charge in [0.25, 0.3) is 0 Å². The molecule has 2 N–H and O–H groups in total. The molecule has 0 amide bonds. The number of aryl methyl sites for hydroxylation is 1. The summed E-state index contributed by atoms with van der Waals surface area (Å²) in [5.74, 6) is 1.44. The quantitative estimate of drug-likeness (QED) is 0.597. The molecule has 3 aromatic rings. The molecule has 1 aromatic carbocycles. The van der Waals surface area contributed by atoms with E-state index in [9.17, 15) is 0 Å². The highest BCUT2D eigenvalue weighted by molar-refractivity contribution is 14.1. The number of fused-ring (bicyclic) bond motifs is 1. The van der Waals surface area contributed by atoms with E-state index in [-0.39, 0.29) is 0 Å². The Balaban J connectivity index is 1.88. The Morgan fingerprint density at radius 1 is 1.22 bits per heavy atom. The van der Waals surface area contributed by atoms with Crippen molar-refractivity contribution < 1.29 is 0 Å². The second-order valence-electron chi connectivity index (χ2n) is 5.31. The molecular formula is C16H19IN6. The highest BCUT2D eigenvalue weighted by atomic mass is 127. The molecule has 0 aliphatic heterocycles. The van der Waals surface area contributed by atoms with Crippen molar-refractivity contribution in [3.05, 3.63) is 39.6 Å². The molecule has 0 aliphatic carbocycles. The van der Waals surface area contributed by atoms with Crippen LogP contribution in [0.25, 0.3) is 11.0 Å². The maximum Gasteiger partial charge on any atom is 0.226 e. The van der Waals surface area contributed by atoms with E-state index in [2.05, 4.69) is 79.5 Å². The van der Waals surface area contributed by atoms with E-state index in [1.54, 1.807) is 10.9 Å². The van der Waals surface area contributed by atoms with Crippen LogP contribution in [0.5, 0.6) is 0 Å². The van der Waals surface area contributed by atoms with Gasteiger partial charge in [0, 0.05) is 23.7 Å². The van der Waals surface area contributed by atoms with Crippen molar-refractivity contribution in [1.29, 1.82) is 0 Å². The van der Waals surface area contributed by atoms with Crippen LogP contribution >= 0.6 is 22.6 Å². The van der Waals surface area contributed by atoms with Crippen molar-refractivity contribution in [2.75, 3.05) is 17.2 Å². The van der Waals surface area contributed by atoms with Crippen LogP contribution in [0.2, 0.25) is 0 Å². The van der Waals surface area contributed by atoms with Crippen molar-refractivity contribution in [1.82, 2.24) is 19.7 Å². The Kier molecular flexibility index (Phi) is 4.94. The summed E-state index contributed by atoms with van der Waals surface area (Å²) in [6.45, 7) is 3.68. The zero-order chi connectivity index (χ0) is 16.2. The summed E-state index contributed by atoms with van der Waals surface area (Å²) in [4.78, 5) is 9.14. The number of nitrogens with zero attached hydrogens (tertiary/aromatic N) is 4. The fourth-order valence-corrected chi connectivity index (χ4v) is 2.91. The van der Waals surface area contributed by atoms with Crippen LogP contribution in [0, 0.1) is 3.57 Å². The van der Waals surface area contributed by atoms with Gasteiger partial charge in [0.15, 0.2) is 5.65 Å². The number of nitrogens with one attached hydrogen (secondary N) is 2. The fraction of sp³-hybridized carbons (Fsp3) is 0.312. The maximum atomic E-state index is 4.60. The zero-order valence-corrected chi connectivity index (χ0v) is 15.3. The van der Waals surface area contributed by atoms with Crippen LogP contribution < -0.4 is 10.6 Å². The first kappa shape index (κ1) is 16.0. The van der Waals surface area contributed by atoms with Gasteiger partial charge in [-0.2, -0.15) is 15.1 Å². The summed E-state index contributed by atoms with van der Waals surface area (Å²) >= 11 is 2.32. The molecule has 0 spiro atoms. The Labute approximate surface area is 148 Å². The van der Waals surface area contributed by atoms with Crippen LogP contribution in [-0.4, -0.2) is 26.3 Å². The standard InChI is InChI=1S/C16H19IN6/c1-3-7-18-16-21-14(13-10-20-23(2)15(13)22-16)19-9-11-5-4-6-12(17)8-11/h4-6,8,10H,3,7,9H2,1-2H3,(H2,18,19,21,22). The topological polar surface area (TPSA) is 67.7 Å². The first-order valence-corrected chi connectivity index (χ1v) is 8.67. The molecule has 7 heteroatoms. The largest absolute Gasteiger partial charge is 0.365 e. The number of halogens is 1. The number of hydrogen-bond donors (Lipinski definition) is 2. The Hall–Kier alpha value is -1.90. The first-order valence-electron chi connectivity index (χ1n) is 7.59. The van der Waals surface area contributed by atoms with Crippen molar-refractivity contribution in [3.8, 4) is 0 Å². The first-order chi connectivity index (χ1) is 11.2. The number of hydrogen-bond acceptors (Lipinski definition) is 5. The van der Waals surface area contributed by atoms with E-state index >= 15 is 0 Å². The minimum atomic E-state index is 0.632. The summed E-state index contributed by atoms with van der Waals surface area (Å²) in [5.41, 5.74) is 2.04. The van der Waals surface area contributed by atoms with E-state index < -0.39 is 0 Å². The second-order valence-corrected chi connectivity index (χ2v) is 6.56. The molecule has 0 atom stereocenters. The molecule has 0 unspecified atom stereocenters. The molecule has 0 aliphatic rings. The third-order valence-corrected chi connectivity index (χ3v) is 4.15. The van der Waals surface area contributed by atoms with E-state index in [1.807, 2.05) is 7.05 Å². The van der Waals surface area contributed by atoms with Crippen LogP contribution in [0.4, 0.5) is 11.8 Å². The molecular weight excluding hydrogens is 403 g/mol. The summed E-state index contributed by atoms with van der Waals surface area (Å²) in [5, 5.41) is 11.9. The summed E-state index contributed by atoms with van der Waals surface area (Å²) in [6.07, 6.45) is 2.83. The Morgan fingerprint density at radius 2 is 2.09 bits per heavy atom. The number of anilines is 2. The molecule has 23 heavy (non-hydrogen) atoms. The van der Waals surface area contributed by atoms with Crippen molar-refractivity contribution >= 4 is 45.4 Å². The number of rotatable bonds is 6. The highest BCUT2D eigenvalue weighted by Crippen LogP contribution is 2.22. The fourth-order valence-electron chi connectivity index (χ4n) is 2.31. The van der Waals surface area contributed by atoms with Gasteiger partial charge >= 0.3 is 0 Å². The van der Waals surface area contributed by atoms with Gasteiger partial charge in [0.05, 0.1) is 11.6 Å². The van der Waals surface area contributed by atoms with Gasteiger partial charge in [0.2, 0.25) is 5.95 Å². The van der Waals surface area contributed by atoms with Crippen molar-refractivity contribution in [3.63, 3.8) is 0 Å². The van der Waals surface area contributed by atoms with Gasteiger partial charge in [-0.1, -0.05) is 19.1 Å². The van der Waals surface area contributed by atoms with Crippen molar-refractivity contribution in [2.45, 2.75) is 19.9 Å². The highest BCUT2D eigenvalue weighted by Gasteiger charge is 2.11. The maximum absolute atomic E-state index is 4.60. The van der Waals surface area contributed by atoms with Crippen LogP contribution in [-0.2, 0) is 13.6 Å². The molecule has 0 radical (unpaired) electrons. The van der Waals surface area contributed by atoms with Gasteiger partial charge in [0.1, 0.15) is 5.82 Å². The Morgan fingerprint density at radius 3 is 2.87 bits per heavy atom. The molecule has 0 bridgehead atoms. The second kappa shape index (κ2) is 7.12. The smallest absolute Gasteiger partial charge is 0.226 e. The van der Waals surface area contributed by atoms with Crippen molar-refractivity contribution in [2.24, 2.45) is 7.05 Å². The molecule has 0 fully saturated rings. The number of benzene rings is 1. The molecule has 2 heterocycles.